The van der Waals surface area contributed by atoms with E-state index in [-0.39, 0.29) is 24.0 Å². The summed E-state index contributed by atoms with van der Waals surface area (Å²) in [7, 11) is 1.38. The highest BCUT2D eigenvalue weighted by Gasteiger charge is 2.13. The van der Waals surface area contributed by atoms with E-state index in [9.17, 15) is 9.59 Å². The molecule has 1 aromatic rings. The lowest BCUT2D eigenvalue weighted by molar-refractivity contribution is -0.141. The lowest BCUT2D eigenvalue weighted by Crippen LogP contribution is -2.31. The summed E-state index contributed by atoms with van der Waals surface area (Å²) in [4.78, 5) is 22.3. The lowest BCUT2D eigenvalue weighted by Gasteiger charge is -2.20. The molecule has 1 aromatic carbocycles. The molecule has 0 aliphatic rings. The summed E-state index contributed by atoms with van der Waals surface area (Å²) in [6.07, 6.45) is 0.326. The van der Waals surface area contributed by atoms with Gasteiger partial charge in [-0.15, -0.1) is 0 Å². The van der Waals surface area contributed by atoms with Gasteiger partial charge < -0.3 is 15.4 Å². The second-order valence-corrected chi connectivity index (χ2v) is 4.88. The Morgan fingerprint density at radius 3 is 2.60 bits per heavy atom. The standard InChI is InChI=1S/C15H22N2O3/c1-10(8-15(19)20-4)16-11(2)13-6-5-7-14(9-13)17-12(3)18/h5-7,9-11,16H,8H2,1-4H3,(H,17,18). The van der Waals surface area contributed by atoms with E-state index in [1.54, 1.807) is 0 Å². The molecule has 0 saturated heterocycles. The van der Waals surface area contributed by atoms with Gasteiger partial charge in [-0.2, -0.15) is 0 Å². The Bertz CT molecular complexity index is 474. The molecule has 0 aliphatic carbocycles. The number of carbonyl (C=O) groups excluding carboxylic acids is 2. The molecule has 0 bridgehead atoms. The third kappa shape index (κ3) is 5.40. The summed E-state index contributed by atoms with van der Waals surface area (Å²) in [5, 5.41) is 6.08. The molecular formula is C15H22N2O3. The van der Waals surface area contributed by atoms with Crippen LogP contribution in [0.15, 0.2) is 24.3 Å². The fourth-order valence-electron chi connectivity index (χ4n) is 2.00. The molecule has 0 heterocycles. The van der Waals surface area contributed by atoms with Crippen LogP contribution in [-0.4, -0.2) is 25.0 Å². The molecule has 2 N–H and O–H groups in total. The average molecular weight is 278 g/mol. The van der Waals surface area contributed by atoms with E-state index in [2.05, 4.69) is 15.4 Å². The van der Waals surface area contributed by atoms with Crippen molar-refractivity contribution in [1.29, 1.82) is 0 Å². The van der Waals surface area contributed by atoms with Gasteiger partial charge in [0.2, 0.25) is 5.91 Å². The smallest absolute Gasteiger partial charge is 0.307 e. The zero-order valence-corrected chi connectivity index (χ0v) is 12.4. The van der Waals surface area contributed by atoms with Gasteiger partial charge in [0.1, 0.15) is 0 Å². The number of esters is 1. The molecular weight excluding hydrogens is 256 g/mol. The van der Waals surface area contributed by atoms with Gasteiger partial charge in [-0.05, 0) is 31.5 Å². The van der Waals surface area contributed by atoms with Gasteiger partial charge >= 0.3 is 5.97 Å². The number of nitrogens with one attached hydrogen (secondary N) is 2. The van der Waals surface area contributed by atoms with Gasteiger partial charge in [-0.25, -0.2) is 0 Å². The van der Waals surface area contributed by atoms with E-state index in [0.717, 1.165) is 11.3 Å². The summed E-state index contributed by atoms with van der Waals surface area (Å²) in [5.41, 5.74) is 1.82. The van der Waals surface area contributed by atoms with Crippen molar-refractivity contribution in [2.75, 3.05) is 12.4 Å². The van der Waals surface area contributed by atoms with Crippen LogP contribution >= 0.6 is 0 Å². The maximum Gasteiger partial charge on any atom is 0.307 e. The predicted molar refractivity (Wildman–Crippen MR) is 78.4 cm³/mol. The van der Waals surface area contributed by atoms with Crippen molar-refractivity contribution in [1.82, 2.24) is 5.32 Å². The molecule has 0 aliphatic heterocycles. The molecule has 2 unspecified atom stereocenters. The molecule has 0 spiro atoms. The lowest BCUT2D eigenvalue weighted by atomic mass is 10.1. The van der Waals surface area contributed by atoms with Crippen LogP contribution in [0, 0.1) is 0 Å². The quantitative estimate of drug-likeness (QED) is 0.783. The molecule has 0 aromatic heterocycles. The number of amides is 1. The molecule has 1 amide bonds. The van der Waals surface area contributed by atoms with Crippen LogP contribution in [0.4, 0.5) is 5.69 Å². The highest BCUT2D eigenvalue weighted by molar-refractivity contribution is 5.88. The number of benzene rings is 1. The Labute approximate surface area is 119 Å². The molecule has 110 valence electrons. The molecule has 2 atom stereocenters. The number of carbonyl (C=O) groups is 2. The van der Waals surface area contributed by atoms with E-state index >= 15 is 0 Å². The van der Waals surface area contributed by atoms with Crippen molar-refractivity contribution in [2.45, 2.75) is 39.3 Å². The first-order chi connectivity index (χ1) is 9.42. The number of hydrogen-bond donors (Lipinski definition) is 2. The van der Waals surface area contributed by atoms with E-state index in [4.69, 9.17) is 0 Å². The Hall–Kier alpha value is -1.88. The zero-order valence-electron chi connectivity index (χ0n) is 12.4. The number of rotatable bonds is 6. The second-order valence-electron chi connectivity index (χ2n) is 4.88. The molecule has 5 nitrogen and oxygen atoms in total. The van der Waals surface area contributed by atoms with Gasteiger partial charge in [-0.1, -0.05) is 12.1 Å². The van der Waals surface area contributed by atoms with E-state index < -0.39 is 0 Å². The Balaban J connectivity index is 2.64. The first-order valence-corrected chi connectivity index (χ1v) is 6.62. The van der Waals surface area contributed by atoms with Gasteiger partial charge in [0.25, 0.3) is 0 Å². The fourth-order valence-corrected chi connectivity index (χ4v) is 2.00. The van der Waals surface area contributed by atoms with E-state index in [1.165, 1.54) is 14.0 Å². The van der Waals surface area contributed by atoms with Crippen molar-refractivity contribution in [2.24, 2.45) is 0 Å². The summed E-state index contributed by atoms with van der Waals surface area (Å²) in [6, 6.07) is 7.72. The topological polar surface area (TPSA) is 67.4 Å². The second kappa shape index (κ2) is 7.65. The monoisotopic (exact) mass is 278 g/mol. The Kier molecular flexibility index (Phi) is 6.18. The number of ether oxygens (including phenoxy) is 1. The van der Waals surface area contributed by atoms with Crippen LogP contribution in [0.2, 0.25) is 0 Å². The Morgan fingerprint density at radius 1 is 1.30 bits per heavy atom. The van der Waals surface area contributed by atoms with Crippen molar-refractivity contribution in [3.05, 3.63) is 29.8 Å². The Morgan fingerprint density at radius 2 is 2.00 bits per heavy atom. The zero-order chi connectivity index (χ0) is 15.1. The van der Waals surface area contributed by atoms with Gasteiger partial charge in [-0.3, -0.25) is 9.59 Å². The predicted octanol–water partition coefficient (Wildman–Crippen LogP) is 2.25. The molecule has 0 fully saturated rings. The first kappa shape index (κ1) is 16.2. The van der Waals surface area contributed by atoms with Crippen LogP contribution in [0.5, 0.6) is 0 Å². The maximum absolute atomic E-state index is 11.2. The number of methoxy groups -OCH3 is 1. The third-order valence-electron chi connectivity index (χ3n) is 2.94. The first-order valence-electron chi connectivity index (χ1n) is 6.62. The fraction of sp³-hybridized carbons (Fsp3) is 0.467. The van der Waals surface area contributed by atoms with Crippen molar-refractivity contribution in [3.8, 4) is 0 Å². The van der Waals surface area contributed by atoms with Gasteiger partial charge in [0.15, 0.2) is 0 Å². The highest BCUT2D eigenvalue weighted by Crippen LogP contribution is 2.18. The highest BCUT2D eigenvalue weighted by atomic mass is 16.5. The van der Waals surface area contributed by atoms with Gasteiger partial charge in [0.05, 0.1) is 13.5 Å². The van der Waals surface area contributed by atoms with Crippen LogP contribution in [0.25, 0.3) is 0 Å². The third-order valence-corrected chi connectivity index (χ3v) is 2.94. The van der Waals surface area contributed by atoms with Crippen LogP contribution in [0.3, 0.4) is 0 Å². The molecule has 1 rings (SSSR count). The van der Waals surface area contributed by atoms with Crippen molar-refractivity contribution >= 4 is 17.6 Å². The van der Waals surface area contributed by atoms with Crippen LogP contribution in [0.1, 0.15) is 38.8 Å². The summed E-state index contributed by atoms with van der Waals surface area (Å²) >= 11 is 0. The van der Waals surface area contributed by atoms with E-state index in [0.29, 0.717) is 6.42 Å². The average Bonchev–Trinajstić information content (AvgIpc) is 2.37. The molecule has 5 heteroatoms. The van der Waals surface area contributed by atoms with Crippen molar-refractivity contribution < 1.29 is 14.3 Å². The van der Waals surface area contributed by atoms with Gasteiger partial charge in [0, 0.05) is 24.7 Å². The molecule has 20 heavy (non-hydrogen) atoms. The minimum absolute atomic E-state index is 0.0156. The SMILES string of the molecule is COC(=O)CC(C)NC(C)c1cccc(NC(C)=O)c1. The molecule has 0 saturated carbocycles. The minimum atomic E-state index is -0.232. The summed E-state index contributed by atoms with van der Waals surface area (Å²) in [6.45, 7) is 5.43. The van der Waals surface area contributed by atoms with Crippen molar-refractivity contribution in [3.63, 3.8) is 0 Å². The summed E-state index contributed by atoms with van der Waals surface area (Å²) < 4.78 is 4.64. The number of anilines is 1. The largest absolute Gasteiger partial charge is 0.469 e. The maximum atomic E-state index is 11.2. The minimum Gasteiger partial charge on any atom is -0.469 e. The number of hydrogen-bond acceptors (Lipinski definition) is 4. The summed E-state index contributed by atoms with van der Waals surface area (Å²) in [5.74, 6) is -0.328. The van der Waals surface area contributed by atoms with Crippen LogP contribution < -0.4 is 10.6 Å². The van der Waals surface area contributed by atoms with Crippen LogP contribution in [-0.2, 0) is 14.3 Å². The normalized spacial score (nSPS) is 13.4. The molecule has 0 radical (unpaired) electrons. The van der Waals surface area contributed by atoms with E-state index in [1.807, 2.05) is 38.1 Å².